The van der Waals surface area contributed by atoms with Crippen LogP contribution in [0.15, 0.2) is 54.6 Å². The molecule has 120 valence electrons. The highest BCUT2D eigenvalue weighted by molar-refractivity contribution is 6.38. The molecule has 1 aliphatic heterocycles. The van der Waals surface area contributed by atoms with Gasteiger partial charge in [-0.2, -0.15) is 0 Å². The van der Waals surface area contributed by atoms with Crippen molar-refractivity contribution in [2.24, 2.45) is 0 Å². The summed E-state index contributed by atoms with van der Waals surface area (Å²) in [6.45, 7) is 0. The van der Waals surface area contributed by atoms with E-state index in [0.29, 0.717) is 10.8 Å². The molecule has 7 heteroatoms. The zero-order chi connectivity index (χ0) is 17.3. The van der Waals surface area contributed by atoms with Crippen molar-refractivity contribution in [2.45, 2.75) is 0 Å². The second kappa shape index (κ2) is 5.96. The van der Waals surface area contributed by atoms with Crippen LogP contribution in [0, 0.1) is 0 Å². The first-order chi connectivity index (χ1) is 11.5. The maximum Gasteiger partial charge on any atom is 0.422 e. The Hall–Kier alpha value is -3.48. The maximum absolute atomic E-state index is 12.1. The Balaban J connectivity index is 1.75. The molecular formula is C17H12N2O5. The molecule has 0 spiro atoms. The molecule has 0 aromatic heterocycles. The third-order valence-corrected chi connectivity index (χ3v) is 3.55. The van der Waals surface area contributed by atoms with E-state index in [1.165, 1.54) is 19.2 Å². The van der Waals surface area contributed by atoms with E-state index < -0.39 is 23.7 Å². The van der Waals surface area contributed by atoms with Gasteiger partial charge >= 0.3 is 11.9 Å². The average molecular weight is 324 g/mol. The molecule has 0 saturated heterocycles. The van der Waals surface area contributed by atoms with Gasteiger partial charge in [0.05, 0.1) is 11.1 Å². The lowest BCUT2D eigenvalue weighted by Gasteiger charge is -2.18. The highest BCUT2D eigenvalue weighted by Gasteiger charge is 2.40. The van der Waals surface area contributed by atoms with Gasteiger partial charge in [0.2, 0.25) is 0 Å². The van der Waals surface area contributed by atoms with Crippen molar-refractivity contribution in [1.29, 1.82) is 0 Å². The predicted molar refractivity (Wildman–Crippen MR) is 82.9 cm³/mol. The van der Waals surface area contributed by atoms with Crippen LogP contribution in [-0.4, -0.2) is 35.8 Å². The summed E-state index contributed by atoms with van der Waals surface area (Å²) in [5.74, 6) is -3.88. The van der Waals surface area contributed by atoms with E-state index >= 15 is 0 Å². The molecule has 3 amide bonds. The van der Waals surface area contributed by atoms with E-state index in [1.54, 1.807) is 42.5 Å². The van der Waals surface area contributed by atoms with E-state index in [4.69, 9.17) is 4.84 Å². The van der Waals surface area contributed by atoms with Crippen LogP contribution in [0.4, 0.5) is 5.69 Å². The molecule has 2 aromatic carbocycles. The lowest BCUT2D eigenvalue weighted by atomic mass is 10.1. The van der Waals surface area contributed by atoms with Crippen LogP contribution >= 0.6 is 0 Å². The first kappa shape index (κ1) is 15.4. The molecule has 24 heavy (non-hydrogen) atoms. The van der Waals surface area contributed by atoms with E-state index in [2.05, 4.69) is 0 Å². The molecule has 1 aliphatic rings. The number of rotatable bonds is 2. The molecule has 0 unspecified atom stereocenters. The minimum absolute atomic E-state index is 0.124. The molecule has 0 aliphatic carbocycles. The first-order valence-corrected chi connectivity index (χ1v) is 7.03. The molecule has 0 saturated carbocycles. The number of carbonyl (C=O) groups is 4. The van der Waals surface area contributed by atoms with Crippen LogP contribution in [0.2, 0.25) is 0 Å². The van der Waals surface area contributed by atoms with Gasteiger partial charge in [0.1, 0.15) is 0 Å². The van der Waals surface area contributed by atoms with Gasteiger partial charge in [-0.1, -0.05) is 35.4 Å². The Morgan fingerprint density at radius 1 is 0.875 bits per heavy atom. The summed E-state index contributed by atoms with van der Waals surface area (Å²) in [5, 5.41) is 0.309. The van der Waals surface area contributed by atoms with Crippen LogP contribution in [0.1, 0.15) is 20.7 Å². The summed E-state index contributed by atoms with van der Waals surface area (Å²) in [6, 6.07) is 14.5. The van der Waals surface area contributed by atoms with Gasteiger partial charge in [0.25, 0.3) is 11.8 Å². The molecule has 0 fully saturated rings. The molecular weight excluding hydrogens is 312 g/mol. The van der Waals surface area contributed by atoms with E-state index in [0.717, 1.165) is 4.90 Å². The van der Waals surface area contributed by atoms with Crippen molar-refractivity contribution in [3.63, 3.8) is 0 Å². The van der Waals surface area contributed by atoms with Gasteiger partial charge in [0, 0.05) is 12.7 Å². The minimum atomic E-state index is -1.32. The largest absolute Gasteiger partial charge is 0.422 e. The number of amides is 3. The van der Waals surface area contributed by atoms with E-state index in [1.807, 2.05) is 0 Å². The topological polar surface area (TPSA) is 84.0 Å². The Morgan fingerprint density at radius 2 is 1.38 bits per heavy atom. The van der Waals surface area contributed by atoms with Crippen LogP contribution in [0.25, 0.3) is 0 Å². The maximum atomic E-state index is 12.1. The molecule has 0 N–H and O–H groups in total. The summed E-state index contributed by atoms with van der Waals surface area (Å²) >= 11 is 0. The molecule has 2 aromatic rings. The lowest BCUT2D eigenvalue weighted by molar-refractivity contribution is -0.172. The smallest absolute Gasteiger partial charge is 0.320 e. The second-order valence-electron chi connectivity index (χ2n) is 5.03. The fraction of sp³-hybridized carbons (Fsp3) is 0.0588. The van der Waals surface area contributed by atoms with Gasteiger partial charge in [-0.25, -0.2) is 4.79 Å². The molecule has 7 nitrogen and oxygen atoms in total. The number of hydrogen-bond donors (Lipinski definition) is 0. The second-order valence-corrected chi connectivity index (χ2v) is 5.03. The van der Waals surface area contributed by atoms with Crippen molar-refractivity contribution in [2.75, 3.05) is 11.9 Å². The minimum Gasteiger partial charge on any atom is -0.320 e. The zero-order valence-corrected chi connectivity index (χ0v) is 12.6. The number of hydroxylamine groups is 2. The highest BCUT2D eigenvalue weighted by atomic mass is 16.7. The first-order valence-electron chi connectivity index (χ1n) is 7.03. The molecule has 3 rings (SSSR count). The monoisotopic (exact) mass is 324 g/mol. The normalized spacial score (nSPS) is 12.8. The average Bonchev–Trinajstić information content (AvgIpc) is 2.86. The third-order valence-electron chi connectivity index (χ3n) is 3.55. The SMILES string of the molecule is CN(C(=O)C(=O)ON1C(=O)c2ccccc2C1=O)c1ccccc1. The van der Waals surface area contributed by atoms with Crippen molar-refractivity contribution < 1.29 is 24.0 Å². The fourth-order valence-corrected chi connectivity index (χ4v) is 2.28. The number of para-hydroxylation sites is 1. The van der Waals surface area contributed by atoms with Crippen LogP contribution in [0.5, 0.6) is 0 Å². The van der Waals surface area contributed by atoms with Gasteiger partial charge in [0.15, 0.2) is 0 Å². The quantitative estimate of drug-likeness (QED) is 0.616. The molecule has 0 radical (unpaired) electrons. The van der Waals surface area contributed by atoms with Gasteiger partial charge in [-0.3, -0.25) is 14.4 Å². The standard InChI is InChI=1S/C17H12N2O5/c1-18(11-7-3-2-4-8-11)16(22)17(23)24-19-14(20)12-9-5-6-10-13(12)15(19)21/h2-10H,1H3. The number of likely N-dealkylation sites (N-methyl/N-ethyl adjacent to an activating group) is 1. The Kier molecular flexibility index (Phi) is 3.83. The summed E-state index contributed by atoms with van der Waals surface area (Å²) < 4.78 is 0. The van der Waals surface area contributed by atoms with Crippen molar-refractivity contribution in [1.82, 2.24) is 5.06 Å². The highest BCUT2D eigenvalue weighted by Crippen LogP contribution is 2.23. The number of hydrogen-bond acceptors (Lipinski definition) is 5. The Bertz CT molecular complexity index is 812. The van der Waals surface area contributed by atoms with Crippen LogP contribution in [-0.2, 0) is 14.4 Å². The van der Waals surface area contributed by atoms with Crippen LogP contribution < -0.4 is 4.90 Å². The lowest BCUT2D eigenvalue weighted by Crippen LogP contribution is -2.40. The summed E-state index contributed by atoms with van der Waals surface area (Å²) in [7, 11) is 1.39. The molecule has 0 atom stereocenters. The Labute approximate surface area is 137 Å². The van der Waals surface area contributed by atoms with Gasteiger partial charge in [-0.15, -0.1) is 0 Å². The zero-order valence-electron chi connectivity index (χ0n) is 12.6. The summed E-state index contributed by atoms with van der Waals surface area (Å²) in [5.41, 5.74) is 0.722. The summed E-state index contributed by atoms with van der Waals surface area (Å²) in [6.07, 6.45) is 0. The van der Waals surface area contributed by atoms with Crippen molar-refractivity contribution >= 4 is 29.4 Å². The number of carbonyl (C=O) groups excluding carboxylic acids is 4. The number of benzene rings is 2. The van der Waals surface area contributed by atoms with E-state index in [-0.39, 0.29) is 11.1 Å². The molecule has 1 heterocycles. The Morgan fingerprint density at radius 3 is 1.92 bits per heavy atom. The van der Waals surface area contributed by atoms with Gasteiger partial charge < -0.3 is 9.74 Å². The number of fused-ring (bicyclic) bond motifs is 1. The van der Waals surface area contributed by atoms with Crippen molar-refractivity contribution in [3.05, 3.63) is 65.7 Å². The van der Waals surface area contributed by atoms with Crippen LogP contribution in [0.3, 0.4) is 0 Å². The third kappa shape index (κ3) is 2.52. The number of anilines is 1. The molecule has 0 bridgehead atoms. The number of nitrogens with zero attached hydrogens (tertiary/aromatic N) is 2. The summed E-state index contributed by atoms with van der Waals surface area (Å²) in [4.78, 5) is 54.1. The fourth-order valence-electron chi connectivity index (χ4n) is 2.28. The number of imide groups is 1. The van der Waals surface area contributed by atoms with Gasteiger partial charge in [-0.05, 0) is 24.3 Å². The van der Waals surface area contributed by atoms with Crippen molar-refractivity contribution in [3.8, 4) is 0 Å². The predicted octanol–water partition coefficient (Wildman–Crippen LogP) is 1.40. The van der Waals surface area contributed by atoms with E-state index in [9.17, 15) is 19.2 Å².